The van der Waals surface area contributed by atoms with E-state index in [-0.39, 0.29) is 41.0 Å². The number of para-hydroxylation sites is 1. The van der Waals surface area contributed by atoms with E-state index < -0.39 is 26.4 Å². The summed E-state index contributed by atoms with van der Waals surface area (Å²) in [5.74, 6) is 0.356. The molecule has 0 fully saturated rings. The van der Waals surface area contributed by atoms with Gasteiger partial charge < -0.3 is 24.3 Å². The summed E-state index contributed by atoms with van der Waals surface area (Å²) < 4.78 is 12.7. The Kier molecular flexibility index (Phi) is 9.50. The van der Waals surface area contributed by atoms with Crippen LogP contribution in [-0.4, -0.2) is 56.8 Å². The lowest BCUT2D eigenvalue weighted by Gasteiger charge is -2.42. The normalized spacial score (nSPS) is 15.1. The summed E-state index contributed by atoms with van der Waals surface area (Å²) >= 11 is 0. The summed E-state index contributed by atoms with van der Waals surface area (Å²) in [5, 5.41) is 20.3. The van der Waals surface area contributed by atoms with Crippen LogP contribution in [0.4, 0.5) is 16.2 Å². The van der Waals surface area contributed by atoms with Crippen LogP contribution in [0.1, 0.15) is 57.5 Å². The minimum Gasteiger partial charge on any atom is -0.540 e. The van der Waals surface area contributed by atoms with Crippen LogP contribution in [0.15, 0.2) is 49.1 Å². The molecule has 2 aromatic rings. The first-order chi connectivity index (χ1) is 18.4. The number of carbonyl (C=O) groups is 2. The lowest BCUT2D eigenvalue weighted by molar-refractivity contribution is 0.0968. The van der Waals surface area contributed by atoms with E-state index in [1.165, 1.54) is 13.2 Å². The topological polar surface area (TPSA) is 99.5 Å². The molecule has 0 saturated carbocycles. The zero-order valence-electron chi connectivity index (χ0n) is 24.1. The Labute approximate surface area is 233 Å². The van der Waals surface area contributed by atoms with Gasteiger partial charge in [-0.1, -0.05) is 65.8 Å². The molecule has 1 atom stereocenters. The number of fused-ring (bicyclic) bond motifs is 1. The molecule has 2 amide bonds. The molecule has 1 aliphatic rings. The fourth-order valence-electron chi connectivity index (χ4n) is 6.15. The van der Waals surface area contributed by atoms with Crippen molar-refractivity contribution in [3.8, 4) is 11.5 Å². The molecule has 212 valence electrons. The molecule has 1 aliphatic heterocycles. The zero-order valence-corrected chi connectivity index (χ0v) is 25.1. The van der Waals surface area contributed by atoms with Gasteiger partial charge in [0.05, 0.1) is 31.0 Å². The van der Waals surface area contributed by atoms with Crippen LogP contribution < -0.4 is 19.0 Å². The highest BCUT2D eigenvalue weighted by molar-refractivity contribution is 6.78. The molecule has 0 bridgehead atoms. The van der Waals surface area contributed by atoms with E-state index in [1.54, 1.807) is 17.0 Å². The number of methoxy groups -OCH3 is 1. The van der Waals surface area contributed by atoms with Crippen molar-refractivity contribution in [2.45, 2.75) is 70.6 Å². The van der Waals surface area contributed by atoms with Crippen LogP contribution in [-0.2, 0) is 6.42 Å². The van der Waals surface area contributed by atoms with Gasteiger partial charge in [0.25, 0.3) is 14.2 Å². The van der Waals surface area contributed by atoms with E-state index in [9.17, 15) is 19.8 Å². The van der Waals surface area contributed by atoms with Crippen molar-refractivity contribution in [2.75, 3.05) is 30.1 Å². The maximum atomic E-state index is 14.2. The van der Waals surface area contributed by atoms with Crippen LogP contribution in [0, 0.1) is 0 Å². The second kappa shape index (κ2) is 12.3. The fraction of sp³-hybridized carbons (Fsp3) is 0.467. The van der Waals surface area contributed by atoms with Gasteiger partial charge in [0.2, 0.25) is 0 Å². The standard InChI is InChI=1S/C30H42N2O6Si/c1-9-14-31(30(35)36)26-17-28(38-39(19(2)3,20(4)5)21(6)7)27(37-8)16-24(26)29(34)32-23(18-33)15-22-12-10-11-13-25(22)32/h9-13,16-17,19-21,23,33H,1,14-15,18H2,2-8H3,(H,35,36)/t23-/m0/s1. The number of hydrogen-bond acceptors (Lipinski definition) is 5. The second-order valence-corrected chi connectivity index (χ2v) is 16.3. The molecule has 3 rings (SSSR count). The quantitative estimate of drug-likeness (QED) is 0.244. The lowest BCUT2D eigenvalue weighted by Crippen LogP contribution is -2.50. The Morgan fingerprint density at radius 1 is 1.10 bits per heavy atom. The summed E-state index contributed by atoms with van der Waals surface area (Å²) in [7, 11) is -0.935. The maximum Gasteiger partial charge on any atom is 0.412 e. The zero-order chi connectivity index (χ0) is 29.1. The summed E-state index contributed by atoms with van der Waals surface area (Å²) in [6.07, 6.45) is 0.761. The Morgan fingerprint density at radius 2 is 1.72 bits per heavy atom. The Balaban J connectivity index is 2.27. The number of rotatable bonds is 11. The molecule has 39 heavy (non-hydrogen) atoms. The maximum absolute atomic E-state index is 14.2. The third kappa shape index (κ3) is 5.56. The summed E-state index contributed by atoms with van der Waals surface area (Å²) in [5.41, 5.74) is 2.77. The van der Waals surface area contributed by atoms with E-state index in [4.69, 9.17) is 9.16 Å². The highest BCUT2D eigenvalue weighted by Crippen LogP contribution is 2.47. The monoisotopic (exact) mass is 554 g/mol. The summed E-state index contributed by atoms with van der Waals surface area (Å²) in [4.78, 5) is 29.3. The third-order valence-electron chi connectivity index (χ3n) is 7.84. The molecule has 0 saturated heterocycles. The smallest absolute Gasteiger partial charge is 0.412 e. The Morgan fingerprint density at radius 3 is 2.23 bits per heavy atom. The molecule has 0 radical (unpaired) electrons. The Hall–Kier alpha value is -3.30. The number of aliphatic hydroxyl groups is 1. The first-order valence-corrected chi connectivity index (χ1v) is 15.6. The van der Waals surface area contributed by atoms with Crippen LogP contribution in [0.25, 0.3) is 0 Å². The first kappa shape index (κ1) is 30.2. The molecule has 1 heterocycles. The number of carbonyl (C=O) groups excluding carboxylic acids is 1. The summed E-state index contributed by atoms with van der Waals surface area (Å²) in [6, 6.07) is 10.2. The first-order valence-electron chi connectivity index (χ1n) is 13.5. The van der Waals surface area contributed by atoms with Crippen molar-refractivity contribution >= 4 is 31.7 Å². The average molecular weight is 555 g/mol. The van der Waals surface area contributed by atoms with Crippen molar-refractivity contribution in [3.05, 3.63) is 60.2 Å². The van der Waals surface area contributed by atoms with Gasteiger partial charge in [-0.25, -0.2) is 4.79 Å². The molecule has 0 spiro atoms. The molecule has 0 unspecified atom stereocenters. The van der Waals surface area contributed by atoms with Crippen molar-refractivity contribution in [1.82, 2.24) is 0 Å². The van der Waals surface area contributed by atoms with Gasteiger partial charge in [-0.15, -0.1) is 6.58 Å². The van der Waals surface area contributed by atoms with E-state index in [0.29, 0.717) is 23.6 Å². The molecular formula is C30H42N2O6Si. The number of carboxylic acid groups (broad SMARTS) is 1. The SMILES string of the molecule is C=CCN(C(=O)O)c1cc(O[Si](C(C)C)(C(C)C)C(C)C)c(OC)cc1C(=O)N1c2ccccc2C[C@H]1CO. The molecule has 0 aromatic heterocycles. The molecule has 2 aromatic carbocycles. The van der Waals surface area contributed by atoms with Crippen LogP contribution >= 0.6 is 0 Å². The van der Waals surface area contributed by atoms with E-state index in [1.807, 2.05) is 24.3 Å². The number of amides is 2. The largest absolute Gasteiger partial charge is 0.540 e. The molecule has 8 nitrogen and oxygen atoms in total. The van der Waals surface area contributed by atoms with Gasteiger partial charge >= 0.3 is 6.09 Å². The van der Waals surface area contributed by atoms with E-state index in [2.05, 4.69) is 48.1 Å². The molecule has 0 aliphatic carbocycles. The van der Waals surface area contributed by atoms with Crippen molar-refractivity contribution < 1.29 is 29.0 Å². The lowest BCUT2D eigenvalue weighted by atomic mass is 10.1. The number of hydrogen-bond donors (Lipinski definition) is 2. The predicted molar refractivity (Wildman–Crippen MR) is 158 cm³/mol. The number of nitrogens with zero attached hydrogens (tertiary/aromatic N) is 2. The van der Waals surface area contributed by atoms with Gasteiger partial charge in [0, 0.05) is 18.3 Å². The van der Waals surface area contributed by atoms with Crippen molar-refractivity contribution in [1.29, 1.82) is 0 Å². The Bertz CT molecular complexity index is 1190. The van der Waals surface area contributed by atoms with Gasteiger partial charge in [-0.05, 0) is 40.7 Å². The number of aliphatic hydroxyl groups excluding tert-OH is 1. The highest BCUT2D eigenvalue weighted by Gasteiger charge is 2.48. The highest BCUT2D eigenvalue weighted by atomic mass is 28.4. The predicted octanol–water partition coefficient (Wildman–Crippen LogP) is 6.48. The summed E-state index contributed by atoms with van der Waals surface area (Å²) in [6.45, 7) is 16.5. The van der Waals surface area contributed by atoms with Gasteiger partial charge in [-0.3, -0.25) is 9.69 Å². The van der Waals surface area contributed by atoms with Crippen LogP contribution in [0.5, 0.6) is 11.5 Å². The number of benzene rings is 2. The van der Waals surface area contributed by atoms with E-state index >= 15 is 0 Å². The van der Waals surface area contributed by atoms with Gasteiger partial charge in [0.1, 0.15) is 5.75 Å². The fourth-order valence-corrected chi connectivity index (χ4v) is 11.4. The second-order valence-electron chi connectivity index (χ2n) is 11.0. The van der Waals surface area contributed by atoms with Crippen LogP contribution in [0.3, 0.4) is 0 Å². The molecule has 2 N–H and O–H groups in total. The van der Waals surface area contributed by atoms with Crippen molar-refractivity contribution in [2.24, 2.45) is 0 Å². The van der Waals surface area contributed by atoms with Gasteiger partial charge in [-0.2, -0.15) is 0 Å². The number of anilines is 2. The van der Waals surface area contributed by atoms with Crippen LogP contribution in [0.2, 0.25) is 16.6 Å². The van der Waals surface area contributed by atoms with E-state index in [0.717, 1.165) is 10.5 Å². The molecular weight excluding hydrogens is 512 g/mol. The average Bonchev–Trinajstić information content (AvgIpc) is 3.27. The van der Waals surface area contributed by atoms with Crippen molar-refractivity contribution in [3.63, 3.8) is 0 Å². The third-order valence-corrected chi connectivity index (χ3v) is 13.8. The van der Waals surface area contributed by atoms with Gasteiger partial charge in [0.15, 0.2) is 5.75 Å². The minimum atomic E-state index is -2.45. The minimum absolute atomic E-state index is 0.0253. The number of ether oxygens (including phenoxy) is 1. The molecule has 9 heteroatoms.